The Balaban J connectivity index is 2.39. The van der Waals surface area contributed by atoms with E-state index in [0.29, 0.717) is 28.1 Å². The van der Waals surface area contributed by atoms with Crippen molar-refractivity contribution < 1.29 is 18.0 Å². The third-order valence-corrected chi connectivity index (χ3v) is 7.14. The van der Waals surface area contributed by atoms with E-state index in [9.17, 15) is 18.0 Å². The highest BCUT2D eigenvalue weighted by Gasteiger charge is 2.31. The van der Waals surface area contributed by atoms with Crippen LogP contribution in [0.3, 0.4) is 0 Å². The normalized spacial score (nSPS) is 12.1. The van der Waals surface area contributed by atoms with Crippen molar-refractivity contribution in [3.63, 3.8) is 0 Å². The molecule has 0 saturated heterocycles. The number of carbonyl (C=O) groups excluding carboxylic acids is 2. The number of hydrogen-bond acceptors (Lipinski definition) is 4. The van der Waals surface area contributed by atoms with Gasteiger partial charge in [-0.2, -0.15) is 0 Å². The average Bonchev–Trinajstić information content (AvgIpc) is 2.78. The smallest absolute Gasteiger partial charge is 0.244 e. The van der Waals surface area contributed by atoms with Crippen LogP contribution in [0.5, 0.6) is 0 Å². The molecule has 10 heteroatoms. The number of hydrogen-bond donors (Lipinski definition) is 1. The first kappa shape index (κ1) is 28.1. The Bertz CT molecular complexity index is 1080. The lowest BCUT2D eigenvalue weighted by molar-refractivity contribution is -0.140. The standard InChI is InChI=1S/C24H31BrClN3O4S/c1-4-6-14-27-24(31)22(5-2)28(16-18-10-12-20(26)13-11-18)23(30)17-29(34(3,32)33)21-9-7-8-19(25)15-21/h7-13,15,22H,4-6,14,16-17H2,1-3H3,(H,27,31)/t22-/m1/s1. The first-order valence-corrected chi connectivity index (χ1v) is 14.1. The number of carbonyl (C=O) groups is 2. The Morgan fingerprint density at radius 1 is 1.12 bits per heavy atom. The molecule has 0 aliphatic rings. The third kappa shape index (κ3) is 8.29. The molecule has 2 aromatic carbocycles. The highest BCUT2D eigenvalue weighted by atomic mass is 79.9. The molecule has 7 nitrogen and oxygen atoms in total. The van der Waals surface area contributed by atoms with E-state index in [1.807, 2.05) is 13.8 Å². The molecule has 0 unspecified atom stereocenters. The SMILES string of the molecule is CCCCNC(=O)[C@@H](CC)N(Cc1ccc(Cl)cc1)C(=O)CN(c1cccc(Br)c1)S(C)(=O)=O. The number of anilines is 1. The summed E-state index contributed by atoms with van der Waals surface area (Å²) in [7, 11) is -3.77. The molecule has 1 atom stereocenters. The molecule has 0 aromatic heterocycles. The second kappa shape index (κ2) is 13.1. The topological polar surface area (TPSA) is 86.8 Å². The number of rotatable bonds is 12. The van der Waals surface area contributed by atoms with Crippen molar-refractivity contribution in [3.8, 4) is 0 Å². The van der Waals surface area contributed by atoms with Crippen molar-refractivity contribution in [1.29, 1.82) is 0 Å². The second-order valence-corrected chi connectivity index (χ2v) is 11.2. The predicted molar refractivity (Wildman–Crippen MR) is 140 cm³/mol. The predicted octanol–water partition coefficient (Wildman–Crippen LogP) is 4.59. The van der Waals surface area contributed by atoms with E-state index in [1.165, 1.54) is 4.90 Å². The van der Waals surface area contributed by atoms with Crippen LogP contribution in [-0.2, 0) is 26.2 Å². The van der Waals surface area contributed by atoms with Gasteiger partial charge in [-0.1, -0.05) is 66.0 Å². The lowest BCUT2D eigenvalue weighted by Gasteiger charge is -2.33. The summed E-state index contributed by atoms with van der Waals surface area (Å²) in [4.78, 5) is 28.0. The van der Waals surface area contributed by atoms with Gasteiger partial charge in [-0.15, -0.1) is 0 Å². The molecule has 0 aliphatic heterocycles. The first-order valence-electron chi connectivity index (χ1n) is 11.1. The minimum atomic E-state index is -3.77. The van der Waals surface area contributed by atoms with Crippen LogP contribution in [0.15, 0.2) is 53.0 Å². The number of sulfonamides is 1. The molecule has 0 bridgehead atoms. The number of halogens is 2. The van der Waals surface area contributed by atoms with Gasteiger partial charge in [0.15, 0.2) is 0 Å². The Kier molecular flexibility index (Phi) is 10.9. The van der Waals surface area contributed by atoms with Crippen LogP contribution in [-0.4, -0.2) is 50.5 Å². The van der Waals surface area contributed by atoms with Crippen LogP contribution in [0.4, 0.5) is 5.69 Å². The first-order chi connectivity index (χ1) is 16.1. The monoisotopic (exact) mass is 571 g/mol. The highest BCUT2D eigenvalue weighted by Crippen LogP contribution is 2.23. The molecular weight excluding hydrogens is 542 g/mol. The van der Waals surface area contributed by atoms with Gasteiger partial charge in [0.2, 0.25) is 21.8 Å². The molecule has 0 aliphatic carbocycles. The maximum absolute atomic E-state index is 13.6. The highest BCUT2D eigenvalue weighted by molar-refractivity contribution is 9.10. The number of nitrogens with zero attached hydrogens (tertiary/aromatic N) is 2. The quantitative estimate of drug-likeness (QED) is 0.377. The molecule has 0 heterocycles. The number of amides is 2. The number of nitrogens with one attached hydrogen (secondary N) is 1. The van der Waals surface area contributed by atoms with Crippen LogP contribution in [0.2, 0.25) is 5.02 Å². The van der Waals surface area contributed by atoms with Crippen LogP contribution >= 0.6 is 27.5 Å². The van der Waals surface area contributed by atoms with E-state index in [2.05, 4.69) is 21.2 Å². The van der Waals surface area contributed by atoms with E-state index >= 15 is 0 Å². The molecule has 0 spiro atoms. The van der Waals surface area contributed by atoms with Gasteiger partial charge in [0.05, 0.1) is 11.9 Å². The number of benzene rings is 2. The Hall–Kier alpha value is -2.10. The molecular formula is C24H31BrClN3O4S. The Labute approximate surface area is 215 Å². The van der Waals surface area contributed by atoms with Gasteiger partial charge in [-0.3, -0.25) is 13.9 Å². The zero-order valence-corrected chi connectivity index (χ0v) is 22.8. The van der Waals surface area contributed by atoms with E-state index in [-0.39, 0.29) is 12.5 Å². The van der Waals surface area contributed by atoms with Gasteiger partial charge in [0.1, 0.15) is 12.6 Å². The van der Waals surface area contributed by atoms with E-state index in [1.54, 1.807) is 48.5 Å². The fraction of sp³-hybridized carbons (Fsp3) is 0.417. The van der Waals surface area contributed by atoms with Gasteiger partial charge in [-0.05, 0) is 48.7 Å². The number of unbranched alkanes of at least 4 members (excludes halogenated alkanes) is 1. The lowest BCUT2D eigenvalue weighted by Crippen LogP contribution is -2.52. The van der Waals surface area contributed by atoms with Gasteiger partial charge in [0.25, 0.3) is 0 Å². The van der Waals surface area contributed by atoms with Crippen LogP contribution in [0, 0.1) is 0 Å². The third-order valence-electron chi connectivity index (χ3n) is 5.26. The molecule has 2 rings (SSSR count). The minimum absolute atomic E-state index is 0.145. The summed E-state index contributed by atoms with van der Waals surface area (Å²) in [6.45, 7) is 4.09. The lowest BCUT2D eigenvalue weighted by atomic mass is 10.1. The van der Waals surface area contributed by atoms with Crippen LogP contribution in [0.25, 0.3) is 0 Å². The summed E-state index contributed by atoms with van der Waals surface area (Å²) in [6.07, 6.45) is 3.20. The maximum atomic E-state index is 13.6. The fourth-order valence-electron chi connectivity index (χ4n) is 3.46. The van der Waals surface area contributed by atoms with Gasteiger partial charge >= 0.3 is 0 Å². The minimum Gasteiger partial charge on any atom is -0.354 e. The molecule has 34 heavy (non-hydrogen) atoms. The Morgan fingerprint density at radius 3 is 2.35 bits per heavy atom. The second-order valence-electron chi connectivity index (χ2n) is 7.97. The van der Waals surface area contributed by atoms with Gasteiger partial charge < -0.3 is 10.2 Å². The zero-order chi connectivity index (χ0) is 25.3. The molecule has 186 valence electrons. The Morgan fingerprint density at radius 2 is 1.79 bits per heavy atom. The molecule has 1 N–H and O–H groups in total. The summed E-state index contributed by atoms with van der Waals surface area (Å²) in [6, 6.07) is 13.0. The van der Waals surface area contributed by atoms with Crippen molar-refractivity contribution in [2.75, 3.05) is 23.7 Å². The van der Waals surface area contributed by atoms with E-state index < -0.39 is 28.5 Å². The molecule has 0 fully saturated rings. The van der Waals surface area contributed by atoms with Crippen LogP contribution < -0.4 is 9.62 Å². The van der Waals surface area contributed by atoms with Crippen molar-refractivity contribution in [3.05, 3.63) is 63.6 Å². The fourth-order valence-corrected chi connectivity index (χ4v) is 4.81. The summed E-state index contributed by atoms with van der Waals surface area (Å²) >= 11 is 9.35. The van der Waals surface area contributed by atoms with Crippen molar-refractivity contribution in [2.45, 2.75) is 45.7 Å². The summed E-state index contributed by atoms with van der Waals surface area (Å²) in [5.41, 5.74) is 1.14. The molecule has 2 aromatic rings. The maximum Gasteiger partial charge on any atom is 0.244 e. The summed E-state index contributed by atoms with van der Waals surface area (Å²) in [5, 5.41) is 3.45. The van der Waals surface area contributed by atoms with E-state index in [4.69, 9.17) is 11.6 Å². The van der Waals surface area contributed by atoms with Crippen molar-refractivity contribution >= 4 is 55.1 Å². The van der Waals surface area contributed by atoms with Gasteiger partial charge in [0, 0.05) is 22.6 Å². The van der Waals surface area contributed by atoms with Crippen molar-refractivity contribution in [1.82, 2.24) is 10.2 Å². The molecule has 2 amide bonds. The largest absolute Gasteiger partial charge is 0.354 e. The zero-order valence-electron chi connectivity index (χ0n) is 19.6. The average molecular weight is 573 g/mol. The summed E-state index contributed by atoms with van der Waals surface area (Å²) in [5.74, 6) is -0.732. The summed E-state index contributed by atoms with van der Waals surface area (Å²) < 4.78 is 26.9. The molecule has 0 saturated carbocycles. The molecule has 0 radical (unpaired) electrons. The van der Waals surface area contributed by atoms with E-state index in [0.717, 1.165) is 29.0 Å². The van der Waals surface area contributed by atoms with Gasteiger partial charge in [-0.25, -0.2) is 8.42 Å². The van der Waals surface area contributed by atoms with Crippen LogP contribution in [0.1, 0.15) is 38.7 Å². The van der Waals surface area contributed by atoms with Crippen molar-refractivity contribution in [2.24, 2.45) is 0 Å².